The molecule has 0 saturated carbocycles. The van der Waals surface area contributed by atoms with E-state index in [9.17, 15) is 9.18 Å². The van der Waals surface area contributed by atoms with E-state index in [1.807, 2.05) is 0 Å². The van der Waals surface area contributed by atoms with Gasteiger partial charge in [0.25, 0.3) is 5.91 Å². The van der Waals surface area contributed by atoms with Gasteiger partial charge < -0.3 is 10.0 Å². The van der Waals surface area contributed by atoms with Gasteiger partial charge in [0.15, 0.2) is 5.82 Å². The average Bonchev–Trinajstić information content (AvgIpc) is 2.29. The van der Waals surface area contributed by atoms with Crippen LogP contribution in [-0.2, 0) is 0 Å². The van der Waals surface area contributed by atoms with E-state index in [0.29, 0.717) is 6.54 Å². The molecule has 0 aliphatic rings. The first-order valence-electron chi connectivity index (χ1n) is 4.96. The number of hydrogen-bond acceptors (Lipinski definition) is 2. The van der Waals surface area contributed by atoms with Crippen LogP contribution in [0.3, 0.4) is 0 Å². The fraction of sp³-hybridized carbons (Fsp3) is 0.364. The highest BCUT2D eigenvalue weighted by atomic mass is 35.5. The summed E-state index contributed by atoms with van der Waals surface area (Å²) in [6.07, 6.45) is 0. The van der Waals surface area contributed by atoms with Gasteiger partial charge in [0.1, 0.15) is 0 Å². The largest absolute Gasteiger partial charge is 0.395 e. The standard InChI is InChI=1S/C11H13ClFNO2/c1-2-14(6-7-15)11(16)8-4-3-5-9(12)10(8)13/h3-5,15H,2,6-7H2,1H3. The summed E-state index contributed by atoms with van der Waals surface area (Å²) in [6.45, 7) is 2.20. The molecule has 1 rings (SSSR count). The Kier molecular flexibility index (Phi) is 4.71. The molecule has 5 heteroatoms. The molecule has 1 amide bonds. The van der Waals surface area contributed by atoms with E-state index in [0.717, 1.165) is 0 Å². The topological polar surface area (TPSA) is 40.5 Å². The number of carbonyl (C=O) groups excluding carboxylic acids is 1. The van der Waals surface area contributed by atoms with Crippen LogP contribution in [0.5, 0.6) is 0 Å². The van der Waals surface area contributed by atoms with Crippen molar-refractivity contribution in [3.05, 3.63) is 34.6 Å². The lowest BCUT2D eigenvalue weighted by Crippen LogP contribution is -2.33. The van der Waals surface area contributed by atoms with Crippen molar-refractivity contribution in [2.24, 2.45) is 0 Å². The number of aliphatic hydroxyl groups excluding tert-OH is 1. The number of halogens is 2. The van der Waals surface area contributed by atoms with Crippen LogP contribution in [-0.4, -0.2) is 35.6 Å². The Morgan fingerprint density at radius 2 is 2.25 bits per heavy atom. The van der Waals surface area contributed by atoms with Gasteiger partial charge in [0.05, 0.1) is 17.2 Å². The average molecular weight is 246 g/mol. The van der Waals surface area contributed by atoms with E-state index in [2.05, 4.69) is 0 Å². The monoisotopic (exact) mass is 245 g/mol. The Morgan fingerprint density at radius 3 is 2.81 bits per heavy atom. The molecule has 1 aromatic carbocycles. The first-order valence-corrected chi connectivity index (χ1v) is 5.33. The third-order valence-electron chi connectivity index (χ3n) is 2.22. The van der Waals surface area contributed by atoms with Crippen molar-refractivity contribution in [1.29, 1.82) is 0 Å². The maximum atomic E-state index is 13.5. The molecular formula is C11H13ClFNO2. The number of nitrogens with zero attached hydrogens (tertiary/aromatic N) is 1. The third-order valence-corrected chi connectivity index (χ3v) is 2.51. The van der Waals surface area contributed by atoms with Crippen molar-refractivity contribution >= 4 is 17.5 Å². The molecule has 0 bridgehead atoms. The summed E-state index contributed by atoms with van der Waals surface area (Å²) in [5, 5.41) is 8.70. The van der Waals surface area contributed by atoms with Gasteiger partial charge in [-0.3, -0.25) is 4.79 Å². The SMILES string of the molecule is CCN(CCO)C(=O)c1cccc(Cl)c1F. The smallest absolute Gasteiger partial charge is 0.256 e. The molecular weight excluding hydrogens is 233 g/mol. The Balaban J connectivity index is 2.99. The summed E-state index contributed by atoms with van der Waals surface area (Å²) < 4.78 is 13.5. The number of carbonyl (C=O) groups is 1. The molecule has 16 heavy (non-hydrogen) atoms. The molecule has 0 aliphatic heterocycles. The summed E-state index contributed by atoms with van der Waals surface area (Å²) in [7, 11) is 0. The van der Waals surface area contributed by atoms with Gasteiger partial charge in [0, 0.05) is 13.1 Å². The van der Waals surface area contributed by atoms with Crippen LogP contribution in [0.1, 0.15) is 17.3 Å². The van der Waals surface area contributed by atoms with E-state index < -0.39 is 11.7 Å². The summed E-state index contributed by atoms with van der Waals surface area (Å²) in [5.41, 5.74) is -0.0669. The summed E-state index contributed by atoms with van der Waals surface area (Å²) in [4.78, 5) is 13.2. The quantitative estimate of drug-likeness (QED) is 0.881. The normalized spacial score (nSPS) is 10.2. The summed E-state index contributed by atoms with van der Waals surface area (Å²) in [6, 6.07) is 4.28. The van der Waals surface area contributed by atoms with Gasteiger partial charge >= 0.3 is 0 Å². The minimum absolute atomic E-state index is 0.0669. The lowest BCUT2D eigenvalue weighted by atomic mass is 10.2. The Labute approximate surface area is 98.4 Å². The molecule has 0 heterocycles. The second-order valence-corrected chi connectivity index (χ2v) is 3.62. The van der Waals surface area contributed by atoms with E-state index in [1.54, 1.807) is 6.92 Å². The molecule has 0 spiro atoms. The van der Waals surface area contributed by atoms with E-state index in [1.165, 1.54) is 23.1 Å². The molecule has 0 atom stereocenters. The zero-order valence-electron chi connectivity index (χ0n) is 8.91. The van der Waals surface area contributed by atoms with E-state index in [4.69, 9.17) is 16.7 Å². The van der Waals surface area contributed by atoms with Crippen LogP contribution in [0, 0.1) is 5.82 Å². The van der Waals surface area contributed by atoms with E-state index >= 15 is 0 Å². The number of likely N-dealkylation sites (N-methyl/N-ethyl adjacent to an activating group) is 1. The van der Waals surface area contributed by atoms with Crippen molar-refractivity contribution in [2.45, 2.75) is 6.92 Å². The van der Waals surface area contributed by atoms with Gasteiger partial charge in [0.2, 0.25) is 0 Å². The molecule has 1 aromatic rings. The van der Waals surface area contributed by atoms with Gasteiger partial charge in [-0.15, -0.1) is 0 Å². The molecule has 0 unspecified atom stereocenters. The van der Waals surface area contributed by atoms with Crippen molar-refractivity contribution in [1.82, 2.24) is 4.90 Å². The molecule has 0 saturated heterocycles. The Bertz CT molecular complexity index is 384. The molecule has 1 N–H and O–H groups in total. The molecule has 3 nitrogen and oxygen atoms in total. The van der Waals surface area contributed by atoms with Crippen molar-refractivity contribution in [2.75, 3.05) is 19.7 Å². The van der Waals surface area contributed by atoms with Crippen LogP contribution >= 0.6 is 11.6 Å². The van der Waals surface area contributed by atoms with Crippen molar-refractivity contribution in [3.63, 3.8) is 0 Å². The predicted molar refractivity (Wildman–Crippen MR) is 60.1 cm³/mol. The van der Waals surface area contributed by atoms with Crippen molar-refractivity contribution < 1.29 is 14.3 Å². The van der Waals surface area contributed by atoms with Crippen LogP contribution < -0.4 is 0 Å². The zero-order valence-corrected chi connectivity index (χ0v) is 9.67. The number of amides is 1. The van der Waals surface area contributed by atoms with Gasteiger partial charge in [-0.1, -0.05) is 17.7 Å². The van der Waals surface area contributed by atoms with Crippen LogP contribution in [0.25, 0.3) is 0 Å². The number of hydrogen-bond donors (Lipinski definition) is 1. The minimum Gasteiger partial charge on any atom is -0.395 e. The number of aliphatic hydroxyl groups is 1. The first-order chi connectivity index (χ1) is 7.61. The Hall–Kier alpha value is -1.13. The third kappa shape index (κ3) is 2.71. The highest BCUT2D eigenvalue weighted by molar-refractivity contribution is 6.31. The van der Waals surface area contributed by atoms with Gasteiger partial charge in [-0.2, -0.15) is 0 Å². The molecule has 88 valence electrons. The lowest BCUT2D eigenvalue weighted by Gasteiger charge is -2.20. The first kappa shape index (κ1) is 12.9. The maximum Gasteiger partial charge on any atom is 0.256 e. The number of rotatable bonds is 4. The highest BCUT2D eigenvalue weighted by Crippen LogP contribution is 2.19. The molecule has 0 aromatic heterocycles. The second kappa shape index (κ2) is 5.82. The van der Waals surface area contributed by atoms with Crippen LogP contribution in [0.15, 0.2) is 18.2 Å². The minimum atomic E-state index is -0.717. The lowest BCUT2D eigenvalue weighted by molar-refractivity contribution is 0.0727. The fourth-order valence-corrected chi connectivity index (χ4v) is 1.54. The number of benzene rings is 1. The van der Waals surface area contributed by atoms with Crippen molar-refractivity contribution in [3.8, 4) is 0 Å². The maximum absolute atomic E-state index is 13.5. The fourth-order valence-electron chi connectivity index (χ4n) is 1.36. The summed E-state index contributed by atoms with van der Waals surface area (Å²) >= 11 is 5.59. The van der Waals surface area contributed by atoms with Gasteiger partial charge in [-0.25, -0.2) is 4.39 Å². The zero-order chi connectivity index (χ0) is 12.1. The van der Waals surface area contributed by atoms with Gasteiger partial charge in [-0.05, 0) is 19.1 Å². The van der Waals surface area contributed by atoms with Crippen LogP contribution in [0.2, 0.25) is 5.02 Å². The van der Waals surface area contributed by atoms with Crippen LogP contribution in [0.4, 0.5) is 4.39 Å². The molecule has 0 fully saturated rings. The predicted octanol–water partition coefficient (Wildman–Crippen LogP) is 1.93. The molecule has 0 aliphatic carbocycles. The molecule has 0 radical (unpaired) electrons. The van der Waals surface area contributed by atoms with E-state index in [-0.39, 0.29) is 23.7 Å². The highest BCUT2D eigenvalue weighted by Gasteiger charge is 2.18. The second-order valence-electron chi connectivity index (χ2n) is 3.21. The summed E-state index contributed by atoms with van der Waals surface area (Å²) in [5.74, 6) is -1.18. The Morgan fingerprint density at radius 1 is 1.56 bits per heavy atom.